The van der Waals surface area contributed by atoms with Gasteiger partial charge in [0, 0.05) is 5.02 Å². The van der Waals surface area contributed by atoms with E-state index < -0.39 is 28.4 Å². The zero-order valence-electron chi connectivity index (χ0n) is 19.4. The van der Waals surface area contributed by atoms with E-state index in [2.05, 4.69) is 15.3 Å². The Balaban J connectivity index is 1.82. The van der Waals surface area contributed by atoms with E-state index >= 15 is 0 Å². The highest BCUT2D eigenvalue weighted by Crippen LogP contribution is 2.29. The van der Waals surface area contributed by atoms with Gasteiger partial charge >= 0.3 is 5.97 Å². The Kier molecular flexibility index (Phi) is 8.26. The molecule has 0 aliphatic rings. The van der Waals surface area contributed by atoms with Crippen LogP contribution >= 0.6 is 11.6 Å². The molecule has 182 valence electrons. The number of amides is 1. The molecule has 0 saturated carbocycles. The highest BCUT2D eigenvalue weighted by atomic mass is 35.5. The van der Waals surface area contributed by atoms with E-state index in [4.69, 9.17) is 11.6 Å². The zero-order valence-corrected chi connectivity index (χ0v) is 20.9. The average Bonchev–Trinajstić information content (AvgIpc) is 2.83. The van der Waals surface area contributed by atoms with Crippen molar-refractivity contribution in [1.82, 2.24) is 5.43 Å². The molecular formula is C25H24ClN3O5S. The molecule has 3 rings (SSSR count). The number of aryl methyl sites for hydroxylation is 2. The second-order valence-corrected chi connectivity index (χ2v) is 9.96. The third kappa shape index (κ3) is 6.46. The van der Waals surface area contributed by atoms with Crippen LogP contribution in [0.1, 0.15) is 27.0 Å². The molecule has 0 aliphatic carbocycles. The number of sulfonamides is 1. The minimum atomic E-state index is -4.06. The summed E-state index contributed by atoms with van der Waals surface area (Å²) in [6, 6.07) is 17.5. The summed E-state index contributed by atoms with van der Waals surface area (Å²) in [4.78, 5) is 24.3. The SMILES string of the molecule is COC(=O)c1ccc(/C=N\NC(=O)CN(c2ccc(Cl)cc2C)S(=O)(=O)c2ccc(C)cc2)cc1. The minimum absolute atomic E-state index is 0.0550. The number of methoxy groups -OCH3 is 1. The van der Waals surface area contributed by atoms with E-state index in [9.17, 15) is 18.0 Å². The molecule has 35 heavy (non-hydrogen) atoms. The maximum absolute atomic E-state index is 13.5. The lowest BCUT2D eigenvalue weighted by Gasteiger charge is -2.25. The summed E-state index contributed by atoms with van der Waals surface area (Å²) in [5.74, 6) is -1.10. The van der Waals surface area contributed by atoms with Crippen molar-refractivity contribution in [2.24, 2.45) is 5.10 Å². The number of carbonyl (C=O) groups is 2. The number of nitrogens with one attached hydrogen (secondary N) is 1. The summed E-state index contributed by atoms with van der Waals surface area (Å²) in [5.41, 5.74) is 5.18. The number of hydrogen-bond donors (Lipinski definition) is 1. The smallest absolute Gasteiger partial charge is 0.337 e. The largest absolute Gasteiger partial charge is 0.465 e. The summed E-state index contributed by atoms with van der Waals surface area (Å²) in [7, 11) is -2.77. The number of esters is 1. The number of anilines is 1. The third-order valence-corrected chi connectivity index (χ3v) is 7.07. The molecule has 3 aromatic rings. The number of halogens is 1. The molecule has 3 aromatic carbocycles. The monoisotopic (exact) mass is 513 g/mol. The van der Waals surface area contributed by atoms with Crippen LogP contribution in [0.2, 0.25) is 5.02 Å². The molecule has 0 saturated heterocycles. The molecule has 0 aliphatic heterocycles. The van der Waals surface area contributed by atoms with E-state index in [-0.39, 0.29) is 4.90 Å². The van der Waals surface area contributed by atoms with Gasteiger partial charge in [-0.3, -0.25) is 9.10 Å². The van der Waals surface area contributed by atoms with E-state index in [1.165, 1.54) is 25.5 Å². The molecule has 0 bridgehead atoms. The van der Waals surface area contributed by atoms with Crippen LogP contribution in [-0.4, -0.2) is 40.2 Å². The molecule has 0 fully saturated rings. The molecule has 1 N–H and O–H groups in total. The Labute approximate surface area is 209 Å². The molecule has 10 heteroatoms. The minimum Gasteiger partial charge on any atom is -0.465 e. The van der Waals surface area contributed by atoms with Gasteiger partial charge in [0.05, 0.1) is 29.5 Å². The summed E-state index contributed by atoms with van der Waals surface area (Å²) < 4.78 is 32.6. The van der Waals surface area contributed by atoms with E-state index in [1.807, 2.05) is 6.92 Å². The fourth-order valence-electron chi connectivity index (χ4n) is 3.20. The van der Waals surface area contributed by atoms with Crippen molar-refractivity contribution < 1.29 is 22.7 Å². The highest BCUT2D eigenvalue weighted by molar-refractivity contribution is 7.92. The standard InChI is InChI=1S/C25H24ClN3O5S/c1-17-4-11-22(12-5-17)35(32,33)29(23-13-10-21(26)14-18(23)2)16-24(30)28-27-15-19-6-8-20(9-7-19)25(31)34-3/h4-15H,16H2,1-3H3,(H,28,30)/b27-15-. The van der Waals surface area contributed by atoms with Gasteiger partial charge in [-0.15, -0.1) is 0 Å². The van der Waals surface area contributed by atoms with Crippen LogP contribution in [0, 0.1) is 13.8 Å². The van der Waals surface area contributed by atoms with Crippen LogP contribution in [0.5, 0.6) is 0 Å². The van der Waals surface area contributed by atoms with Crippen molar-refractivity contribution in [2.75, 3.05) is 18.0 Å². The van der Waals surface area contributed by atoms with Crippen molar-refractivity contribution in [3.8, 4) is 0 Å². The normalized spacial score (nSPS) is 11.3. The lowest BCUT2D eigenvalue weighted by atomic mass is 10.1. The first-order chi connectivity index (χ1) is 16.6. The van der Waals surface area contributed by atoms with Gasteiger partial charge in [-0.2, -0.15) is 5.10 Å². The van der Waals surface area contributed by atoms with E-state index in [0.717, 1.165) is 9.87 Å². The van der Waals surface area contributed by atoms with Gasteiger partial charge in [-0.1, -0.05) is 41.4 Å². The first-order valence-corrected chi connectivity index (χ1v) is 12.3. The predicted molar refractivity (Wildman–Crippen MR) is 135 cm³/mol. The fourth-order valence-corrected chi connectivity index (χ4v) is 4.92. The molecule has 0 heterocycles. The predicted octanol–water partition coefficient (Wildman–Crippen LogP) is 4.09. The van der Waals surface area contributed by atoms with Gasteiger partial charge < -0.3 is 4.74 Å². The van der Waals surface area contributed by atoms with Gasteiger partial charge in [0.1, 0.15) is 6.54 Å². The van der Waals surface area contributed by atoms with Crippen LogP contribution in [0.3, 0.4) is 0 Å². The number of benzene rings is 3. The van der Waals surface area contributed by atoms with Crippen LogP contribution < -0.4 is 9.73 Å². The van der Waals surface area contributed by atoms with E-state index in [0.29, 0.717) is 27.4 Å². The number of nitrogens with zero attached hydrogens (tertiary/aromatic N) is 2. The molecule has 8 nitrogen and oxygen atoms in total. The van der Waals surface area contributed by atoms with Crippen molar-refractivity contribution >= 4 is 45.4 Å². The molecule has 1 amide bonds. The average molecular weight is 514 g/mol. The van der Waals surface area contributed by atoms with Crippen LogP contribution in [0.4, 0.5) is 5.69 Å². The number of ether oxygens (including phenoxy) is 1. The first-order valence-electron chi connectivity index (χ1n) is 10.5. The molecule has 0 spiro atoms. The number of rotatable bonds is 8. The summed E-state index contributed by atoms with van der Waals surface area (Å²) in [6.45, 7) is 3.07. The lowest BCUT2D eigenvalue weighted by Crippen LogP contribution is -2.40. The van der Waals surface area contributed by atoms with Crippen molar-refractivity contribution in [1.29, 1.82) is 0 Å². The van der Waals surface area contributed by atoms with Crippen LogP contribution in [0.15, 0.2) is 76.7 Å². The highest BCUT2D eigenvalue weighted by Gasteiger charge is 2.28. The van der Waals surface area contributed by atoms with Gasteiger partial charge in [0.25, 0.3) is 15.9 Å². The Morgan fingerprint density at radius 3 is 2.29 bits per heavy atom. The quantitative estimate of drug-likeness (QED) is 0.277. The van der Waals surface area contributed by atoms with Crippen molar-refractivity contribution in [3.63, 3.8) is 0 Å². The maximum atomic E-state index is 13.5. The third-order valence-electron chi connectivity index (χ3n) is 5.06. The molecule has 0 atom stereocenters. The molecule has 0 unspecified atom stereocenters. The van der Waals surface area contributed by atoms with Gasteiger partial charge in [0.15, 0.2) is 0 Å². The zero-order chi connectivity index (χ0) is 25.6. The van der Waals surface area contributed by atoms with Gasteiger partial charge in [0.2, 0.25) is 0 Å². The Hall–Kier alpha value is -3.69. The topological polar surface area (TPSA) is 105 Å². The number of hydrogen-bond acceptors (Lipinski definition) is 6. The molecular weight excluding hydrogens is 490 g/mol. The summed E-state index contributed by atoms with van der Waals surface area (Å²) in [6.07, 6.45) is 1.38. The summed E-state index contributed by atoms with van der Waals surface area (Å²) in [5, 5.41) is 4.35. The Morgan fingerprint density at radius 2 is 1.69 bits per heavy atom. The maximum Gasteiger partial charge on any atom is 0.337 e. The van der Waals surface area contributed by atoms with Crippen molar-refractivity contribution in [3.05, 3.63) is 94.0 Å². The fraction of sp³-hybridized carbons (Fsp3) is 0.160. The number of hydrazone groups is 1. The first kappa shape index (κ1) is 25.9. The molecule has 0 aromatic heterocycles. The van der Waals surface area contributed by atoms with Crippen LogP contribution in [0.25, 0.3) is 0 Å². The van der Waals surface area contributed by atoms with Gasteiger partial charge in [-0.25, -0.2) is 18.6 Å². The Bertz CT molecular complexity index is 1350. The van der Waals surface area contributed by atoms with E-state index in [1.54, 1.807) is 61.5 Å². The van der Waals surface area contributed by atoms with Crippen molar-refractivity contribution in [2.45, 2.75) is 18.7 Å². The summed E-state index contributed by atoms with van der Waals surface area (Å²) >= 11 is 6.05. The number of carbonyl (C=O) groups excluding carboxylic acids is 2. The molecule has 0 radical (unpaired) electrons. The van der Waals surface area contributed by atoms with Crippen LogP contribution in [-0.2, 0) is 19.6 Å². The Morgan fingerprint density at radius 1 is 1.03 bits per heavy atom. The second-order valence-electron chi connectivity index (χ2n) is 7.66. The lowest BCUT2D eigenvalue weighted by molar-refractivity contribution is -0.119. The second kappa shape index (κ2) is 11.2. The van der Waals surface area contributed by atoms with Gasteiger partial charge in [-0.05, 0) is 67.4 Å².